The molecule has 0 heterocycles. The Kier molecular flexibility index (Phi) is 4.86. The second-order valence-electron chi connectivity index (χ2n) is 6.31. The highest BCUT2D eigenvalue weighted by atomic mass is 32.2. The molecule has 2 aliphatic rings. The first-order valence-corrected chi connectivity index (χ1v) is 9.55. The number of halogens is 1. The van der Waals surface area contributed by atoms with E-state index in [0.29, 0.717) is 0 Å². The third-order valence-electron chi connectivity index (χ3n) is 4.74. The van der Waals surface area contributed by atoms with Crippen LogP contribution in [0.25, 0.3) is 6.08 Å². The lowest BCUT2D eigenvalue weighted by Crippen LogP contribution is -2.13. The molecule has 3 rings (SSSR count). The van der Waals surface area contributed by atoms with E-state index < -0.39 is 16.8 Å². The highest BCUT2D eigenvalue weighted by Crippen LogP contribution is 2.47. The van der Waals surface area contributed by atoms with Crippen molar-refractivity contribution in [2.24, 2.45) is 11.8 Å². The zero-order chi connectivity index (χ0) is 18.1. The molecule has 3 unspecified atom stereocenters. The summed E-state index contributed by atoms with van der Waals surface area (Å²) < 4.78 is 25.2. The summed E-state index contributed by atoms with van der Waals surface area (Å²) in [5.41, 5.74) is 3.62. The number of aliphatic carboxylic acids is 1. The fourth-order valence-corrected chi connectivity index (χ4v) is 4.02. The summed E-state index contributed by atoms with van der Waals surface area (Å²) in [7, 11) is -1.03. The predicted molar refractivity (Wildman–Crippen MR) is 97.0 cm³/mol. The Balaban J connectivity index is 2.02. The number of fused-ring (bicyclic) bond motifs is 1. The molecule has 1 N–H and O–H groups in total. The summed E-state index contributed by atoms with van der Waals surface area (Å²) in [6.45, 7) is 1.90. The van der Waals surface area contributed by atoms with Crippen molar-refractivity contribution in [1.29, 1.82) is 0 Å². The van der Waals surface area contributed by atoms with Crippen LogP contribution in [0.5, 0.6) is 0 Å². The van der Waals surface area contributed by atoms with Crippen molar-refractivity contribution in [1.82, 2.24) is 0 Å². The van der Waals surface area contributed by atoms with Gasteiger partial charge >= 0.3 is 5.97 Å². The molecule has 0 radical (unpaired) electrons. The summed E-state index contributed by atoms with van der Waals surface area (Å²) in [6, 6.07) is 7.43. The lowest BCUT2D eigenvalue weighted by Gasteiger charge is -2.20. The van der Waals surface area contributed by atoms with Crippen LogP contribution in [0.15, 0.2) is 69.9 Å². The molecule has 0 spiro atoms. The molecule has 25 heavy (non-hydrogen) atoms. The highest BCUT2D eigenvalue weighted by Gasteiger charge is 2.36. The zero-order valence-electron chi connectivity index (χ0n) is 14.0. The van der Waals surface area contributed by atoms with Gasteiger partial charge in [0.2, 0.25) is 0 Å². The molecule has 130 valence electrons. The molecular weight excluding hydrogens is 339 g/mol. The van der Waals surface area contributed by atoms with Crippen molar-refractivity contribution < 1.29 is 18.5 Å². The third-order valence-corrected chi connectivity index (χ3v) is 5.68. The van der Waals surface area contributed by atoms with E-state index in [-0.39, 0.29) is 24.1 Å². The molecule has 0 saturated heterocycles. The smallest absolute Gasteiger partial charge is 0.307 e. The van der Waals surface area contributed by atoms with Gasteiger partial charge in [0.05, 0.1) is 6.42 Å². The summed E-state index contributed by atoms with van der Waals surface area (Å²) >= 11 is 0. The van der Waals surface area contributed by atoms with E-state index in [0.717, 1.165) is 27.2 Å². The van der Waals surface area contributed by atoms with E-state index in [4.69, 9.17) is 0 Å². The minimum atomic E-state index is -1.03. The summed E-state index contributed by atoms with van der Waals surface area (Å²) in [6.07, 6.45) is 8.31. The first kappa shape index (κ1) is 17.5. The van der Waals surface area contributed by atoms with Crippen molar-refractivity contribution in [2.75, 3.05) is 6.26 Å². The van der Waals surface area contributed by atoms with Gasteiger partial charge < -0.3 is 5.11 Å². The van der Waals surface area contributed by atoms with Gasteiger partial charge in [0.1, 0.15) is 5.83 Å². The number of allylic oxidation sites excluding steroid dienone is 6. The maximum Gasteiger partial charge on any atom is 0.307 e. The van der Waals surface area contributed by atoms with Crippen LogP contribution in [-0.4, -0.2) is 21.5 Å². The van der Waals surface area contributed by atoms with Gasteiger partial charge in [-0.05, 0) is 53.5 Å². The van der Waals surface area contributed by atoms with Gasteiger partial charge in [-0.1, -0.05) is 24.3 Å². The standard InChI is InChI=1S/C20H19FO3S/c1-12-17(9-13-3-6-15(7-4-13)25(2)24)16-8-5-14(21)10-19(16)18(12)11-20(22)23/h3-10,16,19H,11H2,1-2H3,(H,22,23). The van der Waals surface area contributed by atoms with Crippen molar-refractivity contribution in [3.05, 3.63) is 70.6 Å². The first-order chi connectivity index (χ1) is 11.9. The molecule has 0 fully saturated rings. The van der Waals surface area contributed by atoms with Gasteiger partial charge in [-0.15, -0.1) is 0 Å². The SMILES string of the molecule is CC1=C(CC(=O)O)C2C=C(F)C=CC2C1=Cc1ccc(S(C)=O)cc1. The number of carbonyl (C=O) groups is 1. The van der Waals surface area contributed by atoms with Crippen molar-refractivity contribution >= 4 is 22.8 Å². The fourth-order valence-electron chi connectivity index (χ4n) is 3.50. The normalized spacial score (nSPS) is 25.1. The lowest BCUT2D eigenvalue weighted by molar-refractivity contribution is -0.136. The van der Waals surface area contributed by atoms with E-state index in [1.54, 1.807) is 12.3 Å². The molecular formula is C20H19FO3S. The molecule has 5 heteroatoms. The highest BCUT2D eigenvalue weighted by molar-refractivity contribution is 7.84. The van der Waals surface area contributed by atoms with Crippen molar-refractivity contribution in [3.8, 4) is 0 Å². The Morgan fingerprint density at radius 2 is 1.96 bits per heavy atom. The van der Waals surface area contributed by atoms with Gasteiger partial charge in [0, 0.05) is 33.8 Å². The van der Waals surface area contributed by atoms with E-state index in [1.165, 1.54) is 12.2 Å². The predicted octanol–water partition coefficient (Wildman–Crippen LogP) is 4.27. The van der Waals surface area contributed by atoms with Gasteiger partial charge in [-0.25, -0.2) is 4.39 Å². The monoisotopic (exact) mass is 358 g/mol. The van der Waals surface area contributed by atoms with Crippen LogP contribution in [0, 0.1) is 11.8 Å². The minimum Gasteiger partial charge on any atom is -0.481 e. The Morgan fingerprint density at radius 3 is 2.56 bits per heavy atom. The second-order valence-corrected chi connectivity index (χ2v) is 7.69. The number of carboxylic acid groups (broad SMARTS) is 1. The maximum absolute atomic E-state index is 13.7. The number of hydrogen-bond acceptors (Lipinski definition) is 2. The molecule has 1 aromatic carbocycles. The van der Waals surface area contributed by atoms with E-state index in [2.05, 4.69) is 0 Å². The average molecular weight is 358 g/mol. The van der Waals surface area contributed by atoms with Crippen LogP contribution in [-0.2, 0) is 15.6 Å². The van der Waals surface area contributed by atoms with Crippen LogP contribution in [0.4, 0.5) is 4.39 Å². The molecule has 3 nitrogen and oxygen atoms in total. The molecule has 0 bridgehead atoms. The molecule has 0 aliphatic heterocycles. The molecule has 0 saturated carbocycles. The molecule has 0 amide bonds. The van der Waals surface area contributed by atoms with Crippen molar-refractivity contribution in [2.45, 2.75) is 18.2 Å². The fraction of sp³-hybridized carbons (Fsp3) is 0.250. The van der Waals surface area contributed by atoms with Gasteiger partial charge in [-0.3, -0.25) is 9.00 Å². The molecule has 2 aliphatic carbocycles. The third kappa shape index (κ3) is 3.56. The van der Waals surface area contributed by atoms with Crippen LogP contribution < -0.4 is 0 Å². The number of benzene rings is 1. The average Bonchev–Trinajstić information content (AvgIpc) is 2.80. The number of carboxylic acids is 1. The van der Waals surface area contributed by atoms with Crippen LogP contribution in [0.2, 0.25) is 0 Å². The zero-order valence-corrected chi connectivity index (χ0v) is 14.8. The Morgan fingerprint density at radius 1 is 1.28 bits per heavy atom. The number of hydrogen-bond donors (Lipinski definition) is 1. The van der Waals surface area contributed by atoms with Gasteiger partial charge in [0.15, 0.2) is 0 Å². The topological polar surface area (TPSA) is 54.4 Å². The first-order valence-electron chi connectivity index (χ1n) is 7.99. The van der Waals surface area contributed by atoms with Crippen molar-refractivity contribution in [3.63, 3.8) is 0 Å². The lowest BCUT2D eigenvalue weighted by atomic mass is 9.84. The van der Waals surface area contributed by atoms with Crippen LogP contribution >= 0.6 is 0 Å². The quantitative estimate of drug-likeness (QED) is 0.875. The molecule has 1 aromatic rings. The summed E-state index contributed by atoms with van der Waals surface area (Å²) in [5, 5.41) is 9.19. The van der Waals surface area contributed by atoms with E-state index in [9.17, 15) is 18.5 Å². The van der Waals surface area contributed by atoms with Gasteiger partial charge in [0.25, 0.3) is 0 Å². The molecule has 3 atom stereocenters. The Hall–Kier alpha value is -2.27. The molecule has 0 aromatic heterocycles. The maximum atomic E-state index is 13.7. The largest absolute Gasteiger partial charge is 0.481 e. The van der Waals surface area contributed by atoms with Gasteiger partial charge in [-0.2, -0.15) is 0 Å². The summed E-state index contributed by atoms with van der Waals surface area (Å²) in [4.78, 5) is 12.0. The minimum absolute atomic E-state index is 0.0474. The number of rotatable bonds is 4. The summed E-state index contributed by atoms with van der Waals surface area (Å²) in [5.74, 6) is -1.52. The van der Waals surface area contributed by atoms with Crippen LogP contribution in [0.3, 0.4) is 0 Å². The van der Waals surface area contributed by atoms with Crippen LogP contribution in [0.1, 0.15) is 18.9 Å². The Bertz CT molecular complexity index is 859. The second kappa shape index (κ2) is 6.92. The van der Waals surface area contributed by atoms with E-state index >= 15 is 0 Å². The Labute approximate surface area is 148 Å². The van der Waals surface area contributed by atoms with E-state index in [1.807, 2.05) is 37.3 Å².